The van der Waals surface area contributed by atoms with E-state index in [-0.39, 0.29) is 22.2 Å². The summed E-state index contributed by atoms with van der Waals surface area (Å²) in [6.45, 7) is 8.12. The molecular formula is C20H27N5O4S. The van der Waals surface area contributed by atoms with Gasteiger partial charge in [-0.15, -0.1) is 5.10 Å². The Kier molecular flexibility index (Phi) is 6.27. The van der Waals surface area contributed by atoms with Gasteiger partial charge >= 0.3 is 0 Å². The number of fused-ring (bicyclic) bond motifs is 1. The maximum absolute atomic E-state index is 12.9. The van der Waals surface area contributed by atoms with E-state index in [4.69, 9.17) is 4.74 Å². The molecule has 0 bridgehead atoms. The van der Waals surface area contributed by atoms with Crippen LogP contribution in [0.2, 0.25) is 0 Å². The Labute approximate surface area is 175 Å². The van der Waals surface area contributed by atoms with Gasteiger partial charge in [-0.3, -0.25) is 4.79 Å². The fourth-order valence-electron chi connectivity index (χ4n) is 3.49. The van der Waals surface area contributed by atoms with E-state index >= 15 is 0 Å². The first-order chi connectivity index (χ1) is 14.3. The zero-order chi connectivity index (χ0) is 22.1. The number of aryl methyl sites for hydroxylation is 1. The van der Waals surface area contributed by atoms with Gasteiger partial charge in [-0.2, -0.15) is 0 Å². The Morgan fingerprint density at radius 1 is 1.23 bits per heavy atom. The van der Waals surface area contributed by atoms with Crippen molar-refractivity contribution in [1.82, 2.24) is 24.3 Å². The molecule has 0 amide bonds. The van der Waals surface area contributed by atoms with Crippen LogP contribution in [-0.4, -0.2) is 41.7 Å². The molecule has 0 atom stereocenters. The molecular weight excluding hydrogens is 406 g/mol. The summed E-state index contributed by atoms with van der Waals surface area (Å²) in [5.74, 6) is 1.51. The number of hydrogen-bond donors (Lipinski definition) is 2. The Hall–Kier alpha value is -2.72. The second-order valence-corrected chi connectivity index (χ2v) is 8.82. The summed E-state index contributed by atoms with van der Waals surface area (Å²) < 4.78 is 34.1. The fourth-order valence-corrected chi connectivity index (χ4v) is 4.25. The molecule has 0 saturated heterocycles. The van der Waals surface area contributed by atoms with E-state index in [0.717, 1.165) is 18.7 Å². The van der Waals surface area contributed by atoms with E-state index < -0.39 is 10.0 Å². The number of aromatic amines is 1. The minimum atomic E-state index is -3.68. The average molecular weight is 434 g/mol. The molecule has 162 valence electrons. The molecule has 1 aromatic carbocycles. The van der Waals surface area contributed by atoms with Crippen molar-refractivity contribution in [2.45, 2.75) is 51.3 Å². The highest BCUT2D eigenvalue weighted by atomic mass is 32.2. The number of ether oxygens (including phenoxy) is 1. The molecule has 30 heavy (non-hydrogen) atoms. The van der Waals surface area contributed by atoms with Gasteiger partial charge in [-0.25, -0.2) is 22.6 Å². The number of nitrogens with one attached hydrogen (secondary N) is 2. The number of aromatic nitrogens is 4. The van der Waals surface area contributed by atoms with Crippen molar-refractivity contribution in [3.8, 4) is 17.1 Å². The highest BCUT2D eigenvalue weighted by molar-refractivity contribution is 7.89. The third kappa shape index (κ3) is 3.84. The topological polar surface area (TPSA) is 118 Å². The van der Waals surface area contributed by atoms with Gasteiger partial charge in [0, 0.05) is 5.92 Å². The molecule has 2 heterocycles. The molecule has 2 aromatic heterocycles. The Balaban J connectivity index is 2.32. The highest BCUT2D eigenvalue weighted by Crippen LogP contribution is 2.31. The average Bonchev–Trinajstić information content (AvgIpc) is 3.06. The first kappa shape index (κ1) is 22.0. The number of nitrogens with zero attached hydrogens (tertiary/aromatic N) is 3. The van der Waals surface area contributed by atoms with Crippen molar-refractivity contribution in [2.75, 3.05) is 13.7 Å². The Morgan fingerprint density at radius 3 is 2.53 bits per heavy atom. The normalized spacial score (nSPS) is 12.1. The van der Waals surface area contributed by atoms with E-state index in [9.17, 15) is 13.2 Å². The molecule has 0 unspecified atom stereocenters. The molecule has 0 radical (unpaired) electrons. The van der Waals surface area contributed by atoms with E-state index in [1.807, 2.05) is 6.92 Å². The maximum Gasteiger partial charge on any atom is 0.277 e. The smallest absolute Gasteiger partial charge is 0.277 e. The van der Waals surface area contributed by atoms with Crippen LogP contribution in [0.25, 0.3) is 16.9 Å². The Bertz CT molecular complexity index is 1230. The van der Waals surface area contributed by atoms with Gasteiger partial charge < -0.3 is 9.72 Å². The molecule has 0 spiro atoms. The van der Waals surface area contributed by atoms with E-state index in [2.05, 4.69) is 33.6 Å². The molecule has 0 fully saturated rings. The van der Waals surface area contributed by atoms with Crippen molar-refractivity contribution in [3.63, 3.8) is 0 Å². The van der Waals surface area contributed by atoms with E-state index in [1.54, 1.807) is 17.5 Å². The summed E-state index contributed by atoms with van der Waals surface area (Å²) >= 11 is 0. The number of rotatable bonds is 8. The summed E-state index contributed by atoms with van der Waals surface area (Å²) in [6, 6.07) is 4.46. The van der Waals surface area contributed by atoms with Crippen LogP contribution in [0.1, 0.15) is 51.0 Å². The van der Waals surface area contributed by atoms with Crippen LogP contribution in [0.4, 0.5) is 0 Å². The van der Waals surface area contributed by atoms with Crippen LogP contribution < -0.4 is 15.0 Å². The zero-order valence-electron chi connectivity index (χ0n) is 17.8. The zero-order valence-corrected chi connectivity index (χ0v) is 18.6. The predicted octanol–water partition coefficient (Wildman–Crippen LogP) is 2.60. The van der Waals surface area contributed by atoms with Gasteiger partial charge in [0.2, 0.25) is 10.0 Å². The van der Waals surface area contributed by atoms with Crippen molar-refractivity contribution in [1.29, 1.82) is 0 Å². The molecule has 3 rings (SSSR count). The summed E-state index contributed by atoms with van der Waals surface area (Å²) in [6.07, 6.45) is 1.72. The second kappa shape index (κ2) is 8.57. The quantitative estimate of drug-likeness (QED) is 0.564. The van der Waals surface area contributed by atoms with E-state index in [1.165, 1.54) is 19.2 Å². The molecule has 0 saturated carbocycles. The number of hydrogen-bond acceptors (Lipinski definition) is 6. The standard InChI is InChI=1S/C20H27N5O4S/c1-6-13(7-2)19-22-12(4)17-20(26)23-18(24-25(17)19)15-11-14(30(27,28)21-5)9-10-16(15)29-8-3/h9-11,13,21H,6-8H2,1-5H3,(H,23,24,26). The van der Waals surface area contributed by atoms with Crippen molar-refractivity contribution in [2.24, 2.45) is 0 Å². The monoisotopic (exact) mass is 433 g/mol. The second-order valence-electron chi connectivity index (χ2n) is 6.93. The Morgan fingerprint density at radius 2 is 1.93 bits per heavy atom. The summed E-state index contributed by atoms with van der Waals surface area (Å²) in [4.78, 5) is 20.3. The van der Waals surface area contributed by atoms with E-state index in [0.29, 0.717) is 29.1 Å². The molecule has 0 aliphatic carbocycles. The SMILES string of the molecule is CCOc1ccc(S(=O)(=O)NC)cc1-c1nn2c(C(CC)CC)nc(C)c2c(=O)[nH]1. The lowest BCUT2D eigenvalue weighted by Crippen LogP contribution is -2.19. The van der Waals surface area contributed by atoms with Gasteiger partial charge in [0.25, 0.3) is 5.56 Å². The van der Waals surface area contributed by atoms with Crippen LogP contribution in [-0.2, 0) is 10.0 Å². The van der Waals surface area contributed by atoms with Crippen LogP contribution in [0.15, 0.2) is 27.9 Å². The first-order valence-electron chi connectivity index (χ1n) is 9.97. The van der Waals surface area contributed by atoms with Gasteiger partial charge in [-0.05, 0) is 51.9 Å². The van der Waals surface area contributed by atoms with Crippen LogP contribution >= 0.6 is 0 Å². The minimum Gasteiger partial charge on any atom is -0.493 e. The first-order valence-corrected chi connectivity index (χ1v) is 11.5. The third-order valence-corrected chi connectivity index (χ3v) is 6.55. The van der Waals surface area contributed by atoms with Crippen molar-refractivity contribution >= 4 is 15.5 Å². The van der Waals surface area contributed by atoms with Crippen LogP contribution in [0, 0.1) is 6.92 Å². The molecule has 0 aliphatic rings. The molecule has 3 aromatic rings. The molecule has 9 nitrogen and oxygen atoms in total. The fraction of sp³-hybridized carbons (Fsp3) is 0.450. The summed E-state index contributed by atoms with van der Waals surface area (Å²) in [5, 5.41) is 4.64. The van der Waals surface area contributed by atoms with Gasteiger partial charge in [0.05, 0.1) is 22.8 Å². The number of imidazole rings is 1. The van der Waals surface area contributed by atoms with Crippen LogP contribution in [0.3, 0.4) is 0 Å². The number of H-pyrrole nitrogens is 1. The van der Waals surface area contributed by atoms with Gasteiger partial charge in [0.1, 0.15) is 11.6 Å². The summed E-state index contributed by atoms with van der Waals surface area (Å²) in [5.41, 5.74) is 1.03. The lowest BCUT2D eigenvalue weighted by atomic mass is 10.0. The maximum atomic E-state index is 12.9. The van der Waals surface area contributed by atoms with Crippen molar-refractivity contribution in [3.05, 3.63) is 40.1 Å². The third-order valence-electron chi connectivity index (χ3n) is 5.14. The minimum absolute atomic E-state index is 0.0493. The summed E-state index contributed by atoms with van der Waals surface area (Å²) in [7, 11) is -2.34. The molecule has 2 N–H and O–H groups in total. The molecule has 10 heteroatoms. The number of sulfonamides is 1. The van der Waals surface area contributed by atoms with Crippen molar-refractivity contribution < 1.29 is 13.2 Å². The number of benzene rings is 1. The predicted molar refractivity (Wildman–Crippen MR) is 115 cm³/mol. The largest absolute Gasteiger partial charge is 0.493 e. The highest BCUT2D eigenvalue weighted by Gasteiger charge is 2.22. The molecule has 0 aliphatic heterocycles. The van der Waals surface area contributed by atoms with Gasteiger partial charge in [0.15, 0.2) is 11.3 Å². The van der Waals surface area contributed by atoms with Gasteiger partial charge in [-0.1, -0.05) is 13.8 Å². The van der Waals surface area contributed by atoms with Crippen LogP contribution in [0.5, 0.6) is 5.75 Å². The lowest BCUT2D eigenvalue weighted by molar-refractivity contribution is 0.341. The lowest BCUT2D eigenvalue weighted by Gasteiger charge is -2.13.